The van der Waals surface area contributed by atoms with E-state index in [1.165, 1.54) is 11.1 Å². The molecule has 0 saturated carbocycles. The van der Waals surface area contributed by atoms with Crippen LogP contribution in [0.3, 0.4) is 0 Å². The highest BCUT2D eigenvalue weighted by Gasteiger charge is 2.19. The van der Waals surface area contributed by atoms with Gasteiger partial charge in [0.25, 0.3) is 5.91 Å². The van der Waals surface area contributed by atoms with Crippen molar-refractivity contribution in [3.63, 3.8) is 0 Å². The summed E-state index contributed by atoms with van der Waals surface area (Å²) in [6.07, 6.45) is 0. The number of aromatic nitrogens is 1. The number of hydrogen-bond acceptors (Lipinski definition) is 2. The summed E-state index contributed by atoms with van der Waals surface area (Å²) < 4.78 is 4.25. The number of hydrogen-bond donors (Lipinski definition) is 1. The fraction of sp³-hybridized carbons (Fsp3) is 0.278. The molecule has 0 unspecified atom stereocenters. The molecule has 0 fully saturated rings. The van der Waals surface area contributed by atoms with Crippen LogP contribution in [0.5, 0.6) is 0 Å². The average Bonchev–Trinajstić information content (AvgIpc) is 3.02. The normalized spacial score (nSPS) is 11.3. The fourth-order valence-corrected chi connectivity index (χ4v) is 4.29. The number of rotatable bonds is 4. The number of carbonyl (C=O) groups is 1. The quantitative estimate of drug-likeness (QED) is 0.670. The molecule has 0 atom stereocenters. The molecule has 0 aliphatic heterocycles. The number of nitrogens with one attached hydrogen (secondary N) is 1. The number of benzene rings is 1. The highest BCUT2D eigenvalue weighted by molar-refractivity contribution is 9.10. The van der Waals surface area contributed by atoms with Gasteiger partial charge < -0.3 is 9.88 Å². The molecule has 1 aromatic carbocycles. The smallest absolute Gasteiger partial charge is 0.268 e. The summed E-state index contributed by atoms with van der Waals surface area (Å²) in [5.74, 6) is -0.0255. The van der Waals surface area contributed by atoms with Gasteiger partial charge in [-0.05, 0) is 48.3 Å². The molecule has 5 heteroatoms. The summed E-state index contributed by atoms with van der Waals surface area (Å²) in [6, 6.07) is 10.5. The van der Waals surface area contributed by atoms with Gasteiger partial charge in [-0.2, -0.15) is 0 Å². The van der Waals surface area contributed by atoms with Crippen LogP contribution in [0.25, 0.3) is 10.2 Å². The van der Waals surface area contributed by atoms with Gasteiger partial charge in [0.2, 0.25) is 0 Å². The lowest BCUT2D eigenvalue weighted by molar-refractivity contribution is 0.0934. The Morgan fingerprint density at radius 2 is 2.00 bits per heavy atom. The first-order valence-corrected chi connectivity index (χ1v) is 9.25. The zero-order chi connectivity index (χ0) is 16.6. The van der Waals surface area contributed by atoms with Crippen LogP contribution in [0, 0.1) is 6.92 Å². The van der Waals surface area contributed by atoms with E-state index in [1.807, 2.05) is 19.9 Å². The Labute approximate surface area is 148 Å². The first-order valence-electron chi connectivity index (χ1n) is 7.58. The molecule has 0 spiro atoms. The van der Waals surface area contributed by atoms with E-state index in [0.29, 0.717) is 12.2 Å². The van der Waals surface area contributed by atoms with E-state index in [-0.39, 0.29) is 11.9 Å². The predicted octanol–water partition coefficient (Wildman–Crippen LogP) is 4.96. The summed E-state index contributed by atoms with van der Waals surface area (Å²) in [5.41, 5.74) is 4.22. The number of thiophene rings is 1. The largest absolute Gasteiger partial charge is 0.349 e. The van der Waals surface area contributed by atoms with Gasteiger partial charge in [0, 0.05) is 18.0 Å². The molecule has 120 valence electrons. The Morgan fingerprint density at radius 3 is 2.65 bits per heavy atom. The molecule has 3 aromatic rings. The average molecular weight is 391 g/mol. The Morgan fingerprint density at radius 1 is 1.30 bits per heavy atom. The molecule has 23 heavy (non-hydrogen) atoms. The summed E-state index contributed by atoms with van der Waals surface area (Å²) in [4.78, 5) is 12.6. The summed E-state index contributed by atoms with van der Waals surface area (Å²) >= 11 is 5.26. The minimum absolute atomic E-state index is 0.0255. The van der Waals surface area contributed by atoms with Crippen LogP contribution < -0.4 is 5.32 Å². The number of aryl methyl sites for hydroxylation is 1. The standard InChI is InChI=1S/C18H19BrN2OS/c1-11(2)20-18(22)15-8-16-17(14(19)10-23-16)21(15)9-13-6-4-12(3)5-7-13/h4-8,10-11H,9H2,1-3H3,(H,20,22). The van der Waals surface area contributed by atoms with Gasteiger partial charge in [0.1, 0.15) is 5.69 Å². The molecule has 2 aromatic heterocycles. The molecule has 0 aliphatic carbocycles. The van der Waals surface area contributed by atoms with Crippen LogP contribution in [0.15, 0.2) is 40.2 Å². The monoisotopic (exact) mass is 390 g/mol. The molecule has 0 aliphatic rings. The van der Waals surface area contributed by atoms with E-state index < -0.39 is 0 Å². The minimum Gasteiger partial charge on any atom is -0.349 e. The van der Waals surface area contributed by atoms with E-state index >= 15 is 0 Å². The van der Waals surface area contributed by atoms with E-state index in [4.69, 9.17) is 0 Å². The molecular weight excluding hydrogens is 372 g/mol. The zero-order valence-electron chi connectivity index (χ0n) is 13.4. The van der Waals surface area contributed by atoms with Gasteiger partial charge in [0.05, 0.1) is 14.7 Å². The lowest BCUT2D eigenvalue weighted by Crippen LogP contribution is -2.31. The Kier molecular flexibility index (Phi) is 4.60. The van der Waals surface area contributed by atoms with E-state index in [2.05, 4.69) is 62.4 Å². The number of nitrogens with zero attached hydrogens (tertiary/aromatic N) is 1. The third kappa shape index (κ3) is 3.35. The Bertz CT molecular complexity index is 846. The van der Waals surface area contributed by atoms with Crippen molar-refractivity contribution in [2.75, 3.05) is 0 Å². The predicted molar refractivity (Wildman–Crippen MR) is 100 cm³/mol. The molecule has 0 radical (unpaired) electrons. The second-order valence-electron chi connectivity index (χ2n) is 6.03. The van der Waals surface area contributed by atoms with Crippen LogP contribution >= 0.6 is 27.3 Å². The Balaban J connectivity index is 2.06. The maximum absolute atomic E-state index is 12.6. The minimum atomic E-state index is -0.0255. The third-order valence-corrected chi connectivity index (χ3v) is 5.52. The molecule has 0 bridgehead atoms. The van der Waals surface area contributed by atoms with E-state index in [1.54, 1.807) is 11.3 Å². The zero-order valence-corrected chi connectivity index (χ0v) is 15.8. The van der Waals surface area contributed by atoms with Gasteiger partial charge in [-0.15, -0.1) is 11.3 Å². The van der Waals surface area contributed by atoms with Crippen molar-refractivity contribution < 1.29 is 4.79 Å². The third-order valence-electron chi connectivity index (χ3n) is 3.69. The maximum Gasteiger partial charge on any atom is 0.268 e. The molecular formula is C18H19BrN2OS. The lowest BCUT2D eigenvalue weighted by Gasteiger charge is -2.13. The second kappa shape index (κ2) is 6.49. The highest BCUT2D eigenvalue weighted by atomic mass is 79.9. The lowest BCUT2D eigenvalue weighted by atomic mass is 10.1. The van der Waals surface area contributed by atoms with Crippen molar-refractivity contribution in [2.45, 2.75) is 33.4 Å². The summed E-state index contributed by atoms with van der Waals surface area (Å²) in [5, 5.41) is 5.06. The van der Waals surface area contributed by atoms with Gasteiger partial charge in [-0.25, -0.2) is 0 Å². The molecule has 3 rings (SSSR count). The molecule has 1 N–H and O–H groups in total. The van der Waals surface area contributed by atoms with Crippen molar-refractivity contribution in [2.24, 2.45) is 0 Å². The van der Waals surface area contributed by atoms with Crippen molar-refractivity contribution in [1.29, 1.82) is 0 Å². The summed E-state index contributed by atoms with van der Waals surface area (Å²) in [7, 11) is 0. The fourth-order valence-electron chi connectivity index (χ4n) is 2.60. The van der Waals surface area contributed by atoms with Crippen molar-refractivity contribution in [1.82, 2.24) is 9.88 Å². The van der Waals surface area contributed by atoms with Crippen LogP contribution in [0.2, 0.25) is 0 Å². The van der Waals surface area contributed by atoms with Crippen molar-refractivity contribution >= 4 is 43.4 Å². The van der Waals surface area contributed by atoms with E-state index in [0.717, 1.165) is 14.7 Å². The Hall–Kier alpha value is -1.59. The number of carbonyl (C=O) groups excluding carboxylic acids is 1. The van der Waals surface area contributed by atoms with Crippen LogP contribution in [-0.2, 0) is 6.54 Å². The van der Waals surface area contributed by atoms with Gasteiger partial charge in [-0.3, -0.25) is 4.79 Å². The number of fused-ring (bicyclic) bond motifs is 1. The second-order valence-corrected chi connectivity index (χ2v) is 7.79. The molecule has 1 amide bonds. The van der Waals surface area contributed by atoms with Crippen LogP contribution in [-0.4, -0.2) is 16.5 Å². The maximum atomic E-state index is 12.6. The highest BCUT2D eigenvalue weighted by Crippen LogP contribution is 2.33. The SMILES string of the molecule is Cc1ccc(Cn2c(C(=O)NC(C)C)cc3scc(Br)c32)cc1. The first-order chi connectivity index (χ1) is 11.0. The topological polar surface area (TPSA) is 34.0 Å². The van der Waals surface area contributed by atoms with E-state index in [9.17, 15) is 4.79 Å². The van der Waals surface area contributed by atoms with Gasteiger partial charge in [0.15, 0.2) is 0 Å². The molecule has 2 heterocycles. The summed E-state index contributed by atoms with van der Waals surface area (Å²) in [6.45, 7) is 6.71. The van der Waals surface area contributed by atoms with Crippen LogP contribution in [0.4, 0.5) is 0 Å². The number of amides is 1. The molecule has 3 nitrogen and oxygen atoms in total. The van der Waals surface area contributed by atoms with Crippen molar-refractivity contribution in [3.05, 3.63) is 57.0 Å². The number of halogens is 1. The van der Waals surface area contributed by atoms with Gasteiger partial charge >= 0.3 is 0 Å². The van der Waals surface area contributed by atoms with Gasteiger partial charge in [-0.1, -0.05) is 29.8 Å². The molecule has 0 saturated heterocycles. The van der Waals surface area contributed by atoms with Crippen LogP contribution in [0.1, 0.15) is 35.5 Å². The van der Waals surface area contributed by atoms with Crippen molar-refractivity contribution in [3.8, 4) is 0 Å². The first kappa shape index (κ1) is 16.3.